The highest BCUT2D eigenvalue weighted by molar-refractivity contribution is 7.10. The summed E-state index contributed by atoms with van der Waals surface area (Å²) >= 11 is 7.68. The Morgan fingerprint density at radius 3 is 3.19 bits per heavy atom. The van der Waals surface area contributed by atoms with Gasteiger partial charge in [-0.25, -0.2) is 9.37 Å². The zero-order chi connectivity index (χ0) is 15.0. The van der Waals surface area contributed by atoms with Gasteiger partial charge in [-0.2, -0.15) is 0 Å². The molecule has 2 aromatic rings. The van der Waals surface area contributed by atoms with Crippen molar-refractivity contribution in [1.29, 1.82) is 0 Å². The molecule has 0 saturated heterocycles. The zero-order valence-electron chi connectivity index (χ0n) is 11.5. The van der Waals surface area contributed by atoms with Gasteiger partial charge >= 0.3 is 0 Å². The summed E-state index contributed by atoms with van der Waals surface area (Å²) in [4.78, 5) is 19.5. The van der Waals surface area contributed by atoms with Gasteiger partial charge < -0.3 is 4.90 Å². The van der Waals surface area contributed by atoms with Gasteiger partial charge in [-0.15, -0.1) is 11.3 Å². The number of pyridine rings is 1. The van der Waals surface area contributed by atoms with Crippen LogP contribution in [-0.4, -0.2) is 22.3 Å². The molecule has 1 aliphatic rings. The lowest BCUT2D eigenvalue weighted by Gasteiger charge is -2.35. The Morgan fingerprint density at radius 2 is 2.43 bits per heavy atom. The molecule has 0 radical (unpaired) electrons. The van der Waals surface area contributed by atoms with Gasteiger partial charge in [0, 0.05) is 11.4 Å². The van der Waals surface area contributed by atoms with E-state index < -0.39 is 5.82 Å². The SMILES string of the molecule is CCC1c2ccsc2CCN1C(=O)c1cc(F)cnc1Cl. The van der Waals surface area contributed by atoms with Crippen molar-refractivity contribution in [3.05, 3.63) is 50.7 Å². The second-order valence-electron chi connectivity index (χ2n) is 4.96. The molecule has 21 heavy (non-hydrogen) atoms. The summed E-state index contributed by atoms with van der Waals surface area (Å²) in [7, 11) is 0. The molecule has 0 bridgehead atoms. The van der Waals surface area contributed by atoms with E-state index in [0.29, 0.717) is 6.54 Å². The van der Waals surface area contributed by atoms with E-state index in [-0.39, 0.29) is 22.7 Å². The lowest BCUT2D eigenvalue weighted by molar-refractivity contribution is 0.0656. The number of hydrogen-bond donors (Lipinski definition) is 0. The van der Waals surface area contributed by atoms with Crippen molar-refractivity contribution in [2.24, 2.45) is 0 Å². The van der Waals surface area contributed by atoms with Crippen LogP contribution in [0.2, 0.25) is 5.15 Å². The Balaban J connectivity index is 1.96. The predicted molar refractivity (Wildman–Crippen MR) is 81.3 cm³/mol. The molecule has 0 saturated carbocycles. The Kier molecular flexibility index (Phi) is 3.95. The van der Waals surface area contributed by atoms with Crippen LogP contribution in [0, 0.1) is 5.82 Å². The van der Waals surface area contributed by atoms with Gasteiger partial charge in [0.25, 0.3) is 5.91 Å². The van der Waals surface area contributed by atoms with Gasteiger partial charge in [-0.3, -0.25) is 4.79 Å². The van der Waals surface area contributed by atoms with E-state index in [2.05, 4.69) is 16.4 Å². The molecule has 1 aliphatic heterocycles. The molecule has 3 nitrogen and oxygen atoms in total. The molecule has 0 fully saturated rings. The fourth-order valence-corrected chi connectivity index (χ4v) is 3.92. The van der Waals surface area contributed by atoms with Crippen LogP contribution in [0.1, 0.15) is 40.2 Å². The van der Waals surface area contributed by atoms with E-state index in [0.717, 1.165) is 25.1 Å². The summed E-state index contributed by atoms with van der Waals surface area (Å²) in [6.45, 7) is 2.67. The van der Waals surface area contributed by atoms with Crippen LogP contribution in [0.25, 0.3) is 0 Å². The maximum absolute atomic E-state index is 13.4. The van der Waals surface area contributed by atoms with Crippen molar-refractivity contribution >= 4 is 28.8 Å². The van der Waals surface area contributed by atoms with Crippen LogP contribution in [0.3, 0.4) is 0 Å². The number of hydrogen-bond acceptors (Lipinski definition) is 3. The molecule has 0 aliphatic carbocycles. The van der Waals surface area contributed by atoms with Crippen molar-refractivity contribution in [3.63, 3.8) is 0 Å². The van der Waals surface area contributed by atoms with Crippen LogP contribution >= 0.6 is 22.9 Å². The summed E-state index contributed by atoms with van der Waals surface area (Å²) in [5, 5.41) is 2.10. The molecule has 1 atom stereocenters. The monoisotopic (exact) mass is 324 g/mol. The minimum atomic E-state index is -0.552. The molecule has 1 unspecified atom stereocenters. The first-order valence-corrected chi connectivity index (χ1v) is 8.05. The summed E-state index contributed by atoms with van der Waals surface area (Å²) < 4.78 is 13.4. The molecule has 1 amide bonds. The van der Waals surface area contributed by atoms with Gasteiger partial charge in [-0.1, -0.05) is 18.5 Å². The third-order valence-electron chi connectivity index (χ3n) is 3.78. The van der Waals surface area contributed by atoms with Crippen molar-refractivity contribution in [2.45, 2.75) is 25.8 Å². The molecule has 6 heteroatoms. The standard InChI is InChI=1S/C15H14ClFN2OS/c1-2-12-10-4-6-21-13(10)3-5-19(12)15(20)11-7-9(17)8-18-14(11)16/h4,6-8,12H,2-3,5H2,1H3. The normalized spacial score (nSPS) is 17.7. The average Bonchev–Trinajstić information content (AvgIpc) is 2.96. The smallest absolute Gasteiger partial charge is 0.257 e. The van der Waals surface area contributed by atoms with Crippen molar-refractivity contribution < 1.29 is 9.18 Å². The largest absolute Gasteiger partial charge is 0.331 e. The van der Waals surface area contributed by atoms with Gasteiger partial charge in [0.05, 0.1) is 17.8 Å². The third-order valence-corrected chi connectivity index (χ3v) is 5.08. The third kappa shape index (κ3) is 2.56. The lowest BCUT2D eigenvalue weighted by atomic mass is 9.97. The Labute approximate surface area is 131 Å². The minimum absolute atomic E-state index is 0.0202. The van der Waals surface area contributed by atoms with E-state index in [4.69, 9.17) is 11.6 Å². The second kappa shape index (κ2) is 5.73. The predicted octanol–water partition coefficient (Wildman–Crippen LogP) is 4.09. The molecule has 2 aromatic heterocycles. The maximum atomic E-state index is 13.4. The Morgan fingerprint density at radius 1 is 1.62 bits per heavy atom. The summed E-state index contributed by atoms with van der Waals surface area (Å²) in [5.41, 5.74) is 1.33. The topological polar surface area (TPSA) is 33.2 Å². The molecule has 0 spiro atoms. The van der Waals surface area contributed by atoms with Crippen molar-refractivity contribution in [1.82, 2.24) is 9.88 Å². The zero-order valence-corrected chi connectivity index (χ0v) is 13.0. The Bertz CT molecular complexity index is 688. The van der Waals surface area contributed by atoms with Crippen LogP contribution in [-0.2, 0) is 6.42 Å². The number of nitrogens with zero attached hydrogens (tertiary/aromatic N) is 2. The van der Waals surface area contributed by atoms with E-state index in [1.165, 1.54) is 10.4 Å². The molecule has 3 rings (SSSR count). The number of carbonyl (C=O) groups is 1. The van der Waals surface area contributed by atoms with Crippen LogP contribution in [0.5, 0.6) is 0 Å². The molecule has 3 heterocycles. The second-order valence-corrected chi connectivity index (χ2v) is 6.32. The van der Waals surface area contributed by atoms with Crippen molar-refractivity contribution in [3.8, 4) is 0 Å². The maximum Gasteiger partial charge on any atom is 0.257 e. The molecular formula is C15H14ClFN2OS. The first kappa shape index (κ1) is 14.5. The van der Waals surface area contributed by atoms with Gasteiger partial charge in [0.15, 0.2) is 0 Å². The summed E-state index contributed by atoms with van der Waals surface area (Å²) in [5.74, 6) is -0.806. The van der Waals surface area contributed by atoms with E-state index in [1.54, 1.807) is 16.2 Å². The van der Waals surface area contributed by atoms with E-state index in [9.17, 15) is 9.18 Å². The quantitative estimate of drug-likeness (QED) is 0.780. The highest BCUT2D eigenvalue weighted by Gasteiger charge is 2.32. The first-order valence-electron chi connectivity index (χ1n) is 6.80. The van der Waals surface area contributed by atoms with Gasteiger partial charge in [-0.05, 0) is 35.9 Å². The molecular weight excluding hydrogens is 311 g/mol. The lowest BCUT2D eigenvalue weighted by Crippen LogP contribution is -2.39. The van der Waals surface area contributed by atoms with Crippen LogP contribution < -0.4 is 0 Å². The fourth-order valence-electron chi connectivity index (χ4n) is 2.81. The van der Waals surface area contributed by atoms with Gasteiger partial charge in [0.1, 0.15) is 11.0 Å². The molecule has 0 aromatic carbocycles. The number of halogens is 2. The summed E-state index contributed by atoms with van der Waals surface area (Å²) in [6, 6.07) is 3.25. The first-order chi connectivity index (χ1) is 10.1. The van der Waals surface area contributed by atoms with Gasteiger partial charge in [0.2, 0.25) is 0 Å². The summed E-state index contributed by atoms with van der Waals surface area (Å²) in [6.07, 6.45) is 2.66. The van der Waals surface area contributed by atoms with Crippen molar-refractivity contribution in [2.75, 3.05) is 6.54 Å². The number of amides is 1. The van der Waals surface area contributed by atoms with E-state index >= 15 is 0 Å². The minimum Gasteiger partial charge on any atom is -0.331 e. The number of thiophene rings is 1. The van der Waals surface area contributed by atoms with E-state index in [1.807, 2.05) is 6.92 Å². The number of fused-ring (bicyclic) bond motifs is 1. The number of aromatic nitrogens is 1. The molecule has 110 valence electrons. The van der Waals surface area contributed by atoms with Crippen LogP contribution in [0.15, 0.2) is 23.7 Å². The number of rotatable bonds is 2. The average molecular weight is 325 g/mol. The molecule has 0 N–H and O–H groups in total. The highest BCUT2D eigenvalue weighted by Crippen LogP contribution is 2.36. The fraction of sp³-hybridized carbons (Fsp3) is 0.333. The highest BCUT2D eigenvalue weighted by atomic mass is 35.5. The Hall–Kier alpha value is -1.46. The van der Waals surface area contributed by atoms with Crippen LogP contribution in [0.4, 0.5) is 4.39 Å². The number of carbonyl (C=O) groups excluding carboxylic acids is 1.